The molecule has 3 nitrogen and oxygen atoms in total. The normalized spacial score (nSPS) is 28.3. The molecule has 0 aromatic rings. The van der Waals surface area contributed by atoms with Crippen molar-refractivity contribution in [3.8, 4) is 0 Å². The summed E-state index contributed by atoms with van der Waals surface area (Å²) >= 11 is 0. The highest BCUT2D eigenvalue weighted by molar-refractivity contribution is 4.65. The minimum Gasteiger partial charge on any atom is -0.377 e. The summed E-state index contributed by atoms with van der Waals surface area (Å²) in [7, 11) is 0. The molecule has 1 aliphatic rings. The van der Waals surface area contributed by atoms with Crippen LogP contribution in [-0.2, 0) is 4.74 Å². The lowest BCUT2D eigenvalue weighted by molar-refractivity contribution is 0.0641. The number of morpholine rings is 1. The van der Waals surface area contributed by atoms with Gasteiger partial charge in [-0.15, -0.1) is 0 Å². The first-order valence-electron chi connectivity index (χ1n) is 3.41. The number of likely N-dealkylation sites (N-methyl/N-ethyl adjacent to an activating group) is 1. The molecule has 0 saturated carbocycles. The van der Waals surface area contributed by atoms with E-state index in [0.717, 1.165) is 26.3 Å². The summed E-state index contributed by atoms with van der Waals surface area (Å²) < 4.78 is 5.18. The van der Waals surface area contributed by atoms with E-state index in [9.17, 15) is 0 Å². The van der Waals surface area contributed by atoms with E-state index in [4.69, 9.17) is 4.74 Å². The van der Waals surface area contributed by atoms with Crippen LogP contribution in [0.25, 0.3) is 0 Å². The molecular weight excluding hydrogens is 116 g/mol. The molecule has 0 spiro atoms. The largest absolute Gasteiger partial charge is 0.377 e. The second-order valence-electron chi connectivity index (χ2n) is 2.05. The van der Waals surface area contributed by atoms with Crippen molar-refractivity contribution in [3.05, 3.63) is 0 Å². The third-order valence-electron chi connectivity index (χ3n) is 1.30. The minimum atomic E-state index is 0.253. The van der Waals surface area contributed by atoms with Crippen molar-refractivity contribution in [2.75, 3.05) is 26.3 Å². The van der Waals surface area contributed by atoms with Crippen molar-refractivity contribution in [1.29, 1.82) is 0 Å². The standard InChI is InChI=1S/C6H13N2O/c1-2-7-6-5-9-4-3-8-6/h6-7H,2-5H2,1H3. The Morgan fingerprint density at radius 1 is 1.78 bits per heavy atom. The summed E-state index contributed by atoms with van der Waals surface area (Å²) in [5.41, 5.74) is 0. The van der Waals surface area contributed by atoms with Crippen LogP contribution in [0.15, 0.2) is 0 Å². The van der Waals surface area contributed by atoms with Gasteiger partial charge in [-0.1, -0.05) is 6.92 Å². The molecular formula is C6H13N2O. The van der Waals surface area contributed by atoms with Crippen molar-refractivity contribution in [2.45, 2.75) is 13.1 Å². The Labute approximate surface area is 55.8 Å². The van der Waals surface area contributed by atoms with E-state index in [2.05, 4.69) is 17.6 Å². The van der Waals surface area contributed by atoms with Gasteiger partial charge in [0.05, 0.1) is 19.4 Å². The fraction of sp³-hybridized carbons (Fsp3) is 1.00. The maximum Gasteiger partial charge on any atom is 0.0973 e. The molecule has 1 aliphatic heterocycles. The van der Waals surface area contributed by atoms with Gasteiger partial charge >= 0.3 is 0 Å². The maximum atomic E-state index is 5.18. The smallest absolute Gasteiger partial charge is 0.0973 e. The van der Waals surface area contributed by atoms with Crippen molar-refractivity contribution < 1.29 is 4.74 Å². The van der Waals surface area contributed by atoms with Gasteiger partial charge < -0.3 is 4.74 Å². The van der Waals surface area contributed by atoms with Gasteiger partial charge in [0, 0.05) is 6.54 Å². The molecule has 1 N–H and O–H groups in total. The van der Waals surface area contributed by atoms with Crippen LogP contribution in [0.3, 0.4) is 0 Å². The quantitative estimate of drug-likeness (QED) is 0.548. The molecule has 9 heavy (non-hydrogen) atoms. The number of rotatable bonds is 2. The van der Waals surface area contributed by atoms with E-state index >= 15 is 0 Å². The molecule has 1 unspecified atom stereocenters. The first-order chi connectivity index (χ1) is 4.43. The molecule has 1 saturated heterocycles. The summed E-state index contributed by atoms with van der Waals surface area (Å²) in [6, 6.07) is 0. The van der Waals surface area contributed by atoms with E-state index in [1.807, 2.05) is 0 Å². The van der Waals surface area contributed by atoms with E-state index < -0.39 is 0 Å². The second-order valence-corrected chi connectivity index (χ2v) is 2.05. The molecule has 0 aromatic carbocycles. The molecule has 1 fully saturated rings. The van der Waals surface area contributed by atoms with Crippen LogP contribution in [0.5, 0.6) is 0 Å². The predicted molar refractivity (Wildman–Crippen MR) is 35.3 cm³/mol. The highest BCUT2D eigenvalue weighted by atomic mass is 16.5. The summed E-state index contributed by atoms with van der Waals surface area (Å²) in [4.78, 5) is 0. The summed E-state index contributed by atoms with van der Waals surface area (Å²) in [6.07, 6.45) is 0.253. The zero-order valence-corrected chi connectivity index (χ0v) is 5.76. The van der Waals surface area contributed by atoms with Crippen molar-refractivity contribution in [2.24, 2.45) is 0 Å². The molecule has 1 radical (unpaired) electrons. The van der Waals surface area contributed by atoms with Gasteiger partial charge in [0.15, 0.2) is 0 Å². The Morgan fingerprint density at radius 2 is 2.67 bits per heavy atom. The van der Waals surface area contributed by atoms with E-state index in [1.54, 1.807) is 0 Å². The summed E-state index contributed by atoms with van der Waals surface area (Å²) in [5, 5.41) is 7.48. The molecule has 3 heteroatoms. The second kappa shape index (κ2) is 3.82. The molecule has 53 valence electrons. The van der Waals surface area contributed by atoms with Crippen molar-refractivity contribution in [1.82, 2.24) is 10.6 Å². The maximum absolute atomic E-state index is 5.18. The summed E-state index contributed by atoms with van der Waals surface area (Å²) in [6.45, 7) is 5.43. The van der Waals surface area contributed by atoms with Gasteiger partial charge in [-0.2, -0.15) is 0 Å². The SMILES string of the molecule is CCNC1COCC[N]1. The number of nitrogens with zero attached hydrogens (tertiary/aromatic N) is 1. The van der Waals surface area contributed by atoms with Gasteiger partial charge in [0.25, 0.3) is 0 Å². The fourth-order valence-electron chi connectivity index (χ4n) is 0.880. The van der Waals surface area contributed by atoms with Gasteiger partial charge in [0.1, 0.15) is 0 Å². The van der Waals surface area contributed by atoms with Gasteiger partial charge in [-0.25, -0.2) is 5.32 Å². The Kier molecular flexibility index (Phi) is 2.97. The number of hydrogen-bond acceptors (Lipinski definition) is 2. The molecule has 0 aliphatic carbocycles. The van der Waals surface area contributed by atoms with Crippen molar-refractivity contribution in [3.63, 3.8) is 0 Å². The lowest BCUT2D eigenvalue weighted by Crippen LogP contribution is -2.46. The minimum absolute atomic E-state index is 0.253. The number of ether oxygens (including phenoxy) is 1. The monoisotopic (exact) mass is 129 g/mol. The third kappa shape index (κ3) is 2.30. The Hall–Kier alpha value is -0.120. The Bertz CT molecular complexity index is 68.7. The third-order valence-corrected chi connectivity index (χ3v) is 1.30. The highest BCUT2D eigenvalue weighted by Crippen LogP contribution is 1.89. The zero-order chi connectivity index (χ0) is 6.53. The van der Waals surface area contributed by atoms with Crippen LogP contribution in [-0.4, -0.2) is 32.5 Å². The predicted octanol–water partition coefficient (Wildman–Crippen LogP) is -0.443. The molecule has 0 aromatic heterocycles. The van der Waals surface area contributed by atoms with Crippen LogP contribution in [0.2, 0.25) is 0 Å². The fourth-order valence-corrected chi connectivity index (χ4v) is 0.880. The first-order valence-corrected chi connectivity index (χ1v) is 3.41. The van der Waals surface area contributed by atoms with E-state index in [-0.39, 0.29) is 6.17 Å². The molecule has 1 atom stereocenters. The first kappa shape index (κ1) is 6.99. The lowest BCUT2D eigenvalue weighted by atomic mass is 10.4. The number of hydrogen-bond donors (Lipinski definition) is 1. The number of nitrogens with one attached hydrogen (secondary N) is 1. The molecule has 0 bridgehead atoms. The average Bonchev–Trinajstić information content (AvgIpc) is 1.91. The molecule has 0 amide bonds. The van der Waals surface area contributed by atoms with Crippen LogP contribution in [0.1, 0.15) is 6.92 Å². The van der Waals surface area contributed by atoms with Gasteiger partial charge in [0.2, 0.25) is 0 Å². The van der Waals surface area contributed by atoms with E-state index in [0.29, 0.717) is 0 Å². The van der Waals surface area contributed by atoms with E-state index in [1.165, 1.54) is 0 Å². The topological polar surface area (TPSA) is 35.4 Å². The van der Waals surface area contributed by atoms with Gasteiger partial charge in [-0.3, -0.25) is 5.32 Å². The van der Waals surface area contributed by atoms with Crippen LogP contribution < -0.4 is 10.6 Å². The van der Waals surface area contributed by atoms with Crippen LogP contribution >= 0.6 is 0 Å². The van der Waals surface area contributed by atoms with Gasteiger partial charge in [-0.05, 0) is 6.54 Å². The highest BCUT2D eigenvalue weighted by Gasteiger charge is 2.11. The Morgan fingerprint density at radius 3 is 3.22 bits per heavy atom. The molecule has 1 heterocycles. The lowest BCUT2D eigenvalue weighted by Gasteiger charge is -2.22. The summed E-state index contributed by atoms with van der Waals surface area (Å²) in [5.74, 6) is 0. The van der Waals surface area contributed by atoms with Crippen LogP contribution in [0, 0.1) is 0 Å². The average molecular weight is 129 g/mol. The Balaban J connectivity index is 2.08. The van der Waals surface area contributed by atoms with Crippen LogP contribution in [0.4, 0.5) is 0 Å². The molecule has 1 rings (SSSR count). The van der Waals surface area contributed by atoms with Crippen molar-refractivity contribution >= 4 is 0 Å². The zero-order valence-electron chi connectivity index (χ0n) is 5.76.